The SMILES string of the molecule is Cn1ccnc(NCCC2CCCNC2)c1=O. The van der Waals surface area contributed by atoms with E-state index in [0.29, 0.717) is 5.82 Å². The van der Waals surface area contributed by atoms with Gasteiger partial charge >= 0.3 is 0 Å². The first kappa shape index (κ1) is 12.1. The average Bonchev–Trinajstić information content (AvgIpc) is 2.36. The lowest BCUT2D eigenvalue weighted by atomic mass is 9.96. The highest BCUT2D eigenvalue weighted by atomic mass is 16.1. The maximum absolute atomic E-state index is 11.7. The predicted molar refractivity (Wildman–Crippen MR) is 68.2 cm³/mol. The van der Waals surface area contributed by atoms with Crippen LogP contribution in [0.2, 0.25) is 0 Å². The van der Waals surface area contributed by atoms with Gasteiger partial charge in [-0.25, -0.2) is 4.98 Å². The number of hydrogen-bond acceptors (Lipinski definition) is 4. The Morgan fingerprint density at radius 1 is 1.65 bits per heavy atom. The molecule has 17 heavy (non-hydrogen) atoms. The molecule has 1 aromatic heterocycles. The Balaban J connectivity index is 1.81. The Bertz CT molecular complexity index is 409. The average molecular weight is 236 g/mol. The molecule has 5 nitrogen and oxygen atoms in total. The van der Waals surface area contributed by atoms with E-state index in [1.165, 1.54) is 17.4 Å². The Hall–Kier alpha value is -1.36. The topological polar surface area (TPSA) is 59.0 Å². The monoisotopic (exact) mass is 236 g/mol. The van der Waals surface area contributed by atoms with Gasteiger partial charge in [-0.05, 0) is 38.3 Å². The van der Waals surface area contributed by atoms with E-state index in [1.54, 1.807) is 19.4 Å². The third-order valence-corrected chi connectivity index (χ3v) is 3.26. The number of piperidine rings is 1. The van der Waals surface area contributed by atoms with Crippen molar-refractivity contribution in [3.8, 4) is 0 Å². The third kappa shape index (κ3) is 3.30. The van der Waals surface area contributed by atoms with Gasteiger partial charge in [0.25, 0.3) is 5.56 Å². The molecular weight excluding hydrogens is 216 g/mol. The van der Waals surface area contributed by atoms with E-state index in [-0.39, 0.29) is 5.56 Å². The summed E-state index contributed by atoms with van der Waals surface area (Å²) in [6.07, 6.45) is 6.95. The molecule has 0 bridgehead atoms. The molecule has 0 saturated carbocycles. The van der Waals surface area contributed by atoms with Crippen LogP contribution in [0.25, 0.3) is 0 Å². The number of aryl methyl sites for hydroxylation is 1. The number of anilines is 1. The van der Waals surface area contributed by atoms with Crippen molar-refractivity contribution in [1.29, 1.82) is 0 Å². The fourth-order valence-electron chi connectivity index (χ4n) is 2.18. The molecule has 1 saturated heterocycles. The molecule has 1 aliphatic heterocycles. The molecule has 0 spiro atoms. The highest BCUT2D eigenvalue weighted by molar-refractivity contribution is 5.30. The first-order chi connectivity index (χ1) is 8.27. The van der Waals surface area contributed by atoms with Gasteiger partial charge in [0.05, 0.1) is 0 Å². The number of nitrogens with one attached hydrogen (secondary N) is 2. The standard InChI is InChI=1S/C12H20N4O/c1-16-8-7-15-11(12(16)17)14-6-4-10-3-2-5-13-9-10/h7-8,10,13H,2-6,9H2,1H3,(H,14,15). The Kier molecular flexibility index (Phi) is 4.14. The van der Waals surface area contributed by atoms with Crippen LogP contribution in [0, 0.1) is 5.92 Å². The Morgan fingerprint density at radius 3 is 3.29 bits per heavy atom. The van der Waals surface area contributed by atoms with Crippen LogP contribution in [0.4, 0.5) is 5.82 Å². The van der Waals surface area contributed by atoms with Crippen molar-refractivity contribution in [2.45, 2.75) is 19.3 Å². The van der Waals surface area contributed by atoms with Gasteiger partial charge in [-0.1, -0.05) is 0 Å². The van der Waals surface area contributed by atoms with Gasteiger partial charge in [0.2, 0.25) is 0 Å². The second-order valence-electron chi connectivity index (χ2n) is 4.62. The van der Waals surface area contributed by atoms with Crippen molar-refractivity contribution >= 4 is 5.82 Å². The molecular formula is C12H20N4O. The highest BCUT2D eigenvalue weighted by Crippen LogP contribution is 2.13. The van der Waals surface area contributed by atoms with Crippen molar-refractivity contribution in [3.05, 3.63) is 22.7 Å². The summed E-state index contributed by atoms with van der Waals surface area (Å²) in [6.45, 7) is 3.06. The lowest BCUT2D eigenvalue weighted by Gasteiger charge is -2.22. The Morgan fingerprint density at radius 2 is 2.53 bits per heavy atom. The van der Waals surface area contributed by atoms with Crippen LogP contribution >= 0.6 is 0 Å². The van der Waals surface area contributed by atoms with Crippen LogP contribution in [0.5, 0.6) is 0 Å². The predicted octanol–water partition coefficient (Wildman–Crippen LogP) is 0.582. The molecule has 1 aromatic rings. The van der Waals surface area contributed by atoms with Crippen LogP contribution in [0.3, 0.4) is 0 Å². The van der Waals surface area contributed by atoms with Gasteiger partial charge in [0.1, 0.15) is 0 Å². The quantitative estimate of drug-likeness (QED) is 0.803. The molecule has 2 heterocycles. The molecule has 1 aliphatic rings. The molecule has 1 fully saturated rings. The van der Waals surface area contributed by atoms with E-state index in [2.05, 4.69) is 15.6 Å². The molecule has 0 amide bonds. The number of aromatic nitrogens is 2. The van der Waals surface area contributed by atoms with Gasteiger partial charge in [-0.3, -0.25) is 4.79 Å². The number of hydrogen-bond donors (Lipinski definition) is 2. The van der Waals surface area contributed by atoms with E-state index in [9.17, 15) is 4.79 Å². The lowest BCUT2D eigenvalue weighted by Crippen LogP contribution is -2.31. The maximum atomic E-state index is 11.7. The minimum atomic E-state index is -0.0609. The fourth-order valence-corrected chi connectivity index (χ4v) is 2.18. The van der Waals surface area contributed by atoms with E-state index in [0.717, 1.165) is 32.0 Å². The summed E-state index contributed by atoms with van der Waals surface area (Å²) >= 11 is 0. The molecule has 0 aliphatic carbocycles. The maximum Gasteiger partial charge on any atom is 0.293 e. The zero-order valence-electron chi connectivity index (χ0n) is 10.3. The lowest BCUT2D eigenvalue weighted by molar-refractivity contribution is 0.364. The van der Waals surface area contributed by atoms with Crippen molar-refractivity contribution in [1.82, 2.24) is 14.9 Å². The zero-order chi connectivity index (χ0) is 12.1. The molecule has 1 atom stereocenters. The fraction of sp³-hybridized carbons (Fsp3) is 0.667. The first-order valence-electron chi connectivity index (χ1n) is 6.23. The van der Waals surface area contributed by atoms with Gasteiger partial charge in [-0.15, -0.1) is 0 Å². The number of rotatable bonds is 4. The van der Waals surface area contributed by atoms with Crippen molar-refractivity contribution in [2.75, 3.05) is 25.0 Å². The largest absolute Gasteiger partial charge is 0.365 e. The van der Waals surface area contributed by atoms with Gasteiger partial charge in [-0.2, -0.15) is 0 Å². The summed E-state index contributed by atoms with van der Waals surface area (Å²) in [5.74, 6) is 1.18. The Labute approximate surface area is 101 Å². The van der Waals surface area contributed by atoms with Gasteiger partial charge in [0, 0.05) is 26.0 Å². The first-order valence-corrected chi connectivity index (χ1v) is 6.23. The van der Waals surface area contributed by atoms with Crippen molar-refractivity contribution < 1.29 is 0 Å². The van der Waals surface area contributed by atoms with E-state index in [1.807, 2.05) is 0 Å². The zero-order valence-corrected chi connectivity index (χ0v) is 10.3. The smallest absolute Gasteiger partial charge is 0.293 e. The van der Waals surface area contributed by atoms with E-state index < -0.39 is 0 Å². The van der Waals surface area contributed by atoms with Crippen LogP contribution < -0.4 is 16.2 Å². The van der Waals surface area contributed by atoms with Gasteiger partial charge < -0.3 is 15.2 Å². The van der Waals surface area contributed by atoms with Crippen LogP contribution in [-0.2, 0) is 7.05 Å². The normalized spacial score (nSPS) is 20.2. The molecule has 0 radical (unpaired) electrons. The van der Waals surface area contributed by atoms with Crippen LogP contribution in [-0.4, -0.2) is 29.2 Å². The van der Waals surface area contributed by atoms with Crippen LogP contribution in [0.1, 0.15) is 19.3 Å². The van der Waals surface area contributed by atoms with Gasteiger partial charge in [0.15, 0.2) is 5.82 Å². The molecule has 1 unspecified atom stereocenters. The second kappa shape index (κ2) is 5.82. The summed E-state index contributed by atoms with van der Waals surface area (Å²) in [4.78, 5) is 15.7. The minimum absolute atomic E-state index is 0.0609. The highest BCUT2D eigenvalue weighted by Gasteiger charge is 2.12. The van der Waals surface area contributed by atoms with Crippen molar-refractivity contribution in [3.63, 3.8) is 0 Å². The van der Waals surface area contributed by atoms with Crippen molar-refractivity contribution in [2.24, 2.45) is 13.0 Å². The summed E-state index contributed by atoms with van der Waals surface area (Å²) in [5.41, 5.74) is -0.0609. The van der Waals surface area contributed by atoms with E-state index >= 15 is 0 Å². The third-order valence-electron chi connectivity index (χ3n) is 3.26. The molecule has 5 heteroatoms. The van der Waals surface area contributed by atoms with E-state index in [4.69, 9.17) is 0 Å². The molecule has 0 aromatic carbocycles. The summed E-state index contributed by atoms with van der Waals surface area (Å²) in [7, 11) is 1.74. The molecule has 2 N–H and O–H groups in total. The number of nitrogens with zero attached hydrogens (tertiary/aromatic N) is 2. The summed E-state index contributed by atoms with van der Waals surface area (Å²) in [6, 6.07) is 0. The van der Waals surface area contributed by atoms with Crippen LogP contribution in [0.15, 0.2) is 17.2 Å². The summed E-state index contributed by atoms with van der Waals surface area (Å²) < 4.78 is 1.54. The minimum Gasteiger partial charge on any atom is -0.365 e. The molecule has 2 rings (SSSR count). The summed E-state index contributed by atoms with van der Waals surface area (Å²) in [5, 5.41) is 6.52. The molecule has 94 valence electrons. The second-order valence-corrected chi connectivity index (χ2v) is 4.62.